The van der Waals surface area contributed by atoms with Crippen LogP contribution in [-0.4, -0.2) is 10.9 Å². The van der Waals surface area contributed by atoms with Gasteiger partial charge >= 0.3 is 0 Å². The summed E-state index contributed by atoms with van der Waals surface area (Å²) in [6, 6.07) is 13.8. The number of carbonyl (C=O) groups excluding carboxylic acids is 1. The average molecular weight is 296 g/mol. The monoisotopic (exact) mass is 296 g/mol. The van der Waals surface area contributed by atoms with Crippen molar-refractivity contribution in [3.05, 3.63) is 64.2 Å². The van der Waals surface area contributed by atoms with E-state index in [1.54, 1.807) is 11.3 Å². The van der Waals surface area contributed by atoms with Crippen molar-refractivity contribution in [1.82, 2.24) is 10.3 Å². The molecule has 0 fully saturated rings. The van der Waals surface area contributed by atoms with E-state index in [9.17, 15) is 4.79 Å². The third-order valence-electron chi connectivity index (χ3n) is 3.51. The van der Waals surface area contributed by atoms with Crippen LogP contribution >= 0.6 is 11.3 Å². The summed E-state index contributed by atoms with van der Waals surface area (Å²) < 4.78 is 1.15. The van der Waals surface area contributed by atoms with Gasteiger partial charge in [-0.25, -0.2) is 4.98 Å². The number of thiazole rings is 1. The predicted octanol–water partition coefficient (Wildman–Crippen LogP) is 3.84. The molecule has 0 saturated carbocycles. The van der Waals surface area contributed by atoms with Crippen LogP contribution < -0.4 is 5.32 Å². The lowest BCUT2D eigenvalue weighted by atomic mass is 10.1. The number of carbonyl (C=O) groups is 1. The highest BCUT2D eigenvalue weighted by molar-refractivity contribution is 7.18. The molecule has 0 aliphatic rings. The Balaban J connectivity index is 1.71. The van der Waals surface area contributed by atoms with Crippen molar-refractivity contribution >= 4 is 27.5 Å². The molecule has 2 aromatic carbocycles. The van der Waals surface area contributed by atoms with Crippen LogP contribution in [0.2, 0.25) is 0 Å². The van der Waals surface area contributed by atoms with Gasteiger partial charge in [0.1, 0.15) is 5.01 Å². The Morgan fingerprint density at radius 1 is 1.14 bits per heavy atom. The Labute approximate surface area is 127 Å². The minimum Gasteiger partial charge on any atom is -0.346 e. The van der Waals surface area contributed by atoms with Gasteiger partial charge in [-0.2, -0.15) is 0 Å². The molecule has 0 radical (unpaired) electrons. The van der Waals surface area contributed by atoms with Crippen LogP contribution in [0.25, 0.3) is 10.2 Å². The van der Waals surface area contributed by atoms with Crippen molar-refractivity contribution in [3.63, 3.8) is 0 Å². The predicted molar refractivity (Wildman–Crippen MR) is 86.7 cm³/mol. The number of fused-ring (bicyclic) bond motifs is 1. The highest BCUT2D eigenvalue weighted by Gasteiger charge is 2.08. The number of nitrogens with one attached hydrogen (secondary N) is 1. The lowest BCUT2D eigenvalue weighted by molar-refractivity contribution is 0.0951. The second-order valence-electron chi connectivity index (χ2n) is 5.06. The summed E-state index contributed by atoms with van der Waals surface area (Å²) in [7, 11) is 0. The van der Waals surface area contributed by atoms with E-state index in [1.165, 1.54) is 5.56 Å². The number of para-hydroxylation sites is 1. The van der Waals surface area contributed by atoms with Crippen molar-refractivity contribution in [3.8, 4) is 0 Å². The van der Waals surface area contributed by atoms with Gasteiger partial charge in [0.05, 0.1) is 16.8 Å². The van der Waals surface area contributed by atoms with E-state index in [1.807, 2.05) is 56.3 Å². The van der Waals surface area contributed by atoms with Crippen LogP contribution in [0.4, 0.5) is 0 Å². The fourth-order valence-electron chi connectivity index (χ4n) is 2.14. The molecule has 4 heteroatoms. The van der Waals surface area contributed by atoms with Crippen LogP contribution in [0.5, 0.6) is 0 Å². The van der Waals surface area contributed by atoms with Crippen molar-refractivity contribution < 1.29 is 4.79 Å². The van der Waals surface area contributed by atoms with Gasteiger partial charge in [0, 0.05) is 5.56 Å². The zero-order valence-corrected chi connectivity index (χ0v) is 12.8. The summed E-state index contributed by atoms with van der Waals surface area (Å²) >= 11 is 1.61. The molecule has 0 aliphatic carbocycles. The van der Waals surface area contributed by atoms with Gasteiger partial charge in [-0.05, 0) is 49.2 Å². The lowest BCUT2D eigenvalue weighted by Crippen LogP contribution is -2.22. The molecule has 106 valence electrons. The first-order valence-electron chi connectivity index (χ1n) is 6.83. The lowest BCUT2D eigenvalue weighted by Gasteiger charge is -2.05. The van der Waals surface area contributed by atoms with E-state index in [2.05, 4.69) is 10.3 Å². The maximum Gasteiger partial charge on any atom is 0.251 e. The summed E-state index contributed by atoms with van der Waals surface area (Å²) in [4.78, 5) is 16.7. The summed E-state index contributed by atoms with van der Waals surface area (Å²) in [6.45, 7) is 4.52. The fourth-order valence-corrected chi connectivity index (χ4v) is 3.04. The molecule has 0 aliphatic heterocycles. The van der Waals surface area contributed by atoms with Crippen LogP contribution in [0.1, 0.15) is 26.5 Å². The molecule has 1 aromatic heterocycles. The smallest absolute Gasteiger partial charge is 0.251 e. The van der Waals surface area contributed by atoms with E-state index < -0.39 is 0 Å². The standard InChI is InChI=1S/C17H16N2OS/c1-11-7-8-13(9-12(11)2)17(20)18-10-16-19-14-5-3-4-6-15(14)21-16/h3-9H,10H2,1-2H3,(H,18,20). The van der Waals surface area contributed by atoms with Crippen molar-refractivity contribution in [2.24, 2.45) is 0 Å². The zero-order chi connectivity index (χ0) is 14.8. The second-order valence-corrected chi connectivity index (χ2v) is 6.17. The number of rotatable bonds is 3. The molecular formula is C17H16N2OS. The summed E-state index contributed by atoms with van der Waals surface area (Å²) in [5.74, 6) is -0.0580. The molecule has 21 heavy (non-hydrogen) atoms. The molecule has 3 aromatic rings. The summed E-state index contributed by atoms with van der Waals surface area (Å²) in [6.07, 6.45) is 0. The van der Waals surface area contributed by atoms with Gasteiger partial charge in [-0.3, -0.25) is 4.79 Å². The van der Waals surface area contributed by atoms with Crippen LogP contribution in [-0.2, 0) is 6.54 Å². The number of hydrogen-bond donors (Lipinski definition) is 1. The van der Waals surface area contributed by atoms with Gasteiger partial charge in [-0.15, -0.1) is 11.3 Å². The molecule has 1 heterocycles. The molecular weight excluding hydrogens is 280 g/mol. The molecule has 0 saturated heterocycles. The first kappa shape index (κ1) is 13.8. The van der Waals surface area contributed by atoms with Crippen LogP contribution in [0, 0.1) is 13.8 Å². The quantitative estimate of drug-likeness (QED) is 0.798. The first-order chi connectivity index (χ1) is 10.1. The van der Waals surface area contributed by atoms with Crippen molar-refractivity contribution in [1.29, 1.82) is 0 Å². The Kier molecular flexibility index (Phi) is 3.71. The topological polar surface area (TPSA) is 42.0 Å². The number of benzene rings is 2. The molecule has 0 atom stereocenters. The highest BCUT2D eigenvalue weighted by atomic mass is 32.1. The highest BCUT2D eigenvalue weighted by Crippen LogP contribution is 2.21. The van der Waals surface area contributed by atoms with Gasteiger partial charge < -0.3 is 5.32 Å². The molecule has 1 amide bonds. The van der Waals surface area contributed by atoms with Crippen LogP contribution in [0.3, 0.4) is 0 Å². The molecule has 3 nitrogen and oxygen atoms in total. The van der Waals surface area contributed by atoms with E-state index in [-0.39, 0.29) is 5.91 Å². The SMILES string of the molecule is Cc1ccc(C(=O)NCc2nc3ccccc3s2)cc1C. The Hall–Kier alpha value is -2.20. The molecule has 3 rings (SSSR count). The largest absolute Gasteiger partial charge is 0.346 e. The first-order valence-corrected chi connectivity index (χ1v) is 7.65. The van der Waals surface area contributed by atoms with Gasteiger partial charge in [0.15, 0.2) is 0 Å². The van der Waals surface area contributed by atoms with E-state index in [0.717, 1.165) is 20.8 Å². The third-order valence-corrected chi connectivity index (χ3v) is 4.54. The van der Waals surface area contributed by atoms with Gasteiger partial charge in [-0.1, -0.05) is 18.2 Å². The number of amides is 1. The fraction of sp³-hybridized carbons (Fsp3) is 0.176. The summed E-state index contributed by atoms with van der Waals surface area (Å²) in [5.41, 5.74) is 4.00. The Morgan fingerprint density at radius 3 is 2.71 bits per heavy atom. The molecule has 0 spiro atoms. The molecule has 0 unspecified atom stereocenters. The molecule has 1 N–H and O–H groups in total. The summed E-state index contributed by atoms with van der Waals surface area (Å²) in [5, 5.41) is 3.86. The van der Waals surface area contributed by atoms with E-state index in [0.29, 0.717) is 12.1 Å². The zero-order valence-electron chi connectivity index (χ0n) is 12.0. The second kappa shape index (κ2) is 5.66. The maximum atomic E-state index is 12.2. The molecule has 0 bridgehead atoms. The Bertz CT molecular complexity index is 774. The average Bonchev–Trinajstić information content (AvgIpc) is 2.90. The third kappa shape index (κ3) is 2.95. The number of aryl methyl sites for hydroxylation is 2. The van der Waals surface area contributed by atoms with Gasteiger partial charge in [0.25, 0.3) is 5.91 Å². The number of aromatic nitrogens is 1. The normalized spacial score (nSPS) is 10.8. The maximum absolute atomic E-state index is 12.2. The van der Waals surface area contributed by atoms with E-state index in [4.69, 9.17) is 0 Å². The minimum absolute atomic E-state index is 0.0580. The number of nitrogens with zero attached hydrogens (tertiary/aromatic N) is 1. The van der Waals surface area contributed by atoms with E-state index >= 15 is 0 Å². The van der Waals surface area contributed by atoms with Crippen molar-refractivity contribution in [2.45, 2.75) is 20.4 Å². The van der Waals surface area contributed by atoms with Gasteiger partial charge in [0.2, 0.25) is 0 Å². The number of hydrogen-bond acceptors (Lipinski definition) is 3. The van der Waals surface area contributed by atoms with Crippen LogP contribution in [0.15, 0.2) is 42.5 Å². The Morgan fingerprint density at radius 2 is 1.95 bits per heavy atom. The minimum atomic E-state index is -0.0580. The van der Waals surface area contributed by atoms with Crippen molar-refractivity contribution in [2.75, 3.05) is 0 Å².